The van der Waals surface area contributed by atoms with Crippen molar-refractivity contribution in [1.29, 1.82) is 0 Å². The molecule has 0 aromatic heterocycles. The Kier molecular flexibility index (Phi) is 8.36. The monoisotopic (exact) mass is 436 g/mol. The normalized spacial score (nSPS) is 16.2. The number of rotatable bonds is 7. The number of carboxylic acids is 1. The van der Waals surface area contributed by atoms with Gasteiger partial charge in [0.05, 0.1) is 12.0 Å². The average Bonchev–Trinajstić information content (AvgIpc) is 2.80. The van der Waals surface area contributed by atoms with E-state index in [1.54, 1.807) is 0 Å². The smallest absolute Gasteiger partial charge is 0.325 e. The highest BCUT2D eigenvalue weighted by molar-refractivity contribution is 7.93. The van der Waals surface area contributed by atoms with E-state index in [4.69, 9.17) is 9.94 Å². The van der Waals surface area contributed by atoms with Gasteiger partial charge < -0.3 is 20.0 Å². The molecular formula is C21H28N2O6S. The highest BCUT2D eigenvalue weighted by atomic mass is 32.2. The molecule has 1 heterocycles. The number of benzene rings is 2. The van der Waals surface area contributed by atoms with Gasteiger partial charge in [-0.15, -0.1) is 0 Å². The molecule has 2 aromatic carbocycles. The lowest BCUT2D eigenvalue weighted by molar-refractivity contribution is -0.141. The van der Waals surface area contributed by atoms with Crippen LogP contribution in [0, 0.1) is 0 Å². The molecule has 0 atom stereocenters. The number of ether oxygens (including phenoxy) is 1. The first-order valence-electron chi connectivity index (χ1n) is 9.53. The average molecular weight is 437 g/mol. The van der Waals surface area contributed by atoms with Gasteiger partial charge in [-0.2, -0.15) is 0 Å². The molecule has 1 aliphatic heterocycles. The predicted molar refractivity (Wildman–Crippen MR) is 112 cm³/mol. The van der Waals surface area contributed by atoms with E-state index < -0.39 is 20.6 Å². The van der Waals surface area contributed by atoms with Crippen LogP contribution < -0.4 is 10.6 Å². The van der Waals surface area contributed by atoms with Crippen LogP contribution in [0.2, 0.25) is 0 Å². The van der Waals surface area contributed by atoms with Gasteiger partial charge in [-0.25, -0.2) is 14.3 Å². The molecule has 0 saturated carbocycles. The zero-order chi connectivity index (χ0) is 22.2. The maximum Gasteiger partial charge on any atom is 0.325 e. The highest BCUT2D eigenvalue weighted by Gasteiger charge is 2.53. The number of sulfone groups is 1. The number of likely N-dealkylation sites (tertiary alicyclic amines) is 1. The molecule has 4 N–H and O–H groups in total. The van der Waals surface area contributed by atoms with Crippen LogP contribution in [-0.2, 0) is 21.1 Å². The predicted octanol–water partition coefficient (Wildman–Crippen LogP) is 1.97. The van der Waals surface area contributed by atoms with E-state index in [0.29, 0.717) is 18.8 Å². The molecule has 9 heteroatoms. The number of aliphatic carboxylic acids is 1. The van der Waals surface area contributed by atoms with Crippen molar-refractivity contribution in [3.63, 3.8) is 0 Å². The molecule has 0 unspecified atom stereocenters. The van der Waals surface area contributed by atoms with Crippen molar-refractivity contribution in [2.45, 2.75) is 28.9 Å². The molecule has 0 amide bonds. The van der Waals surface area contributed by atoms with Crippen molar-refractivity contribution in [2.24, 2.45) is 5.90 Å². The van der Waals surface area contributed by atoms with Crippen LogP contribution in [-0.4, -0.2) is 61.1 Å². The largest absolute Gasteiger partial charge is 0.497 e. The molecule has 2 aromatic rings. The summed E-state index contributed by atoms with van der Waals surface area (Å²) in [5.74, 6) is 2.75. The van der Waals surface area contributed by atoms with E-state index >= 15 is 0 Å². The number of nitrogens with zero attached hydrogens (tertiary/aromatic N) is 1. The molecule has 0 radical (unpaired) electrons. The number of carbonyl (C=O) groups is 1. The third-order valence-electron chi connectivity index (χ3n) is 5.50. The summed E-state index contributed by atoms with van der Waals surface area (Å²) in [7, 11) is -2.53. The summed E-state index contributed by atoms with van der Waals surface area (Å²) in [5.41, 5.74) is 1.21. The van der Waals surface area contributed by atoms with Crippen LogP contribution in [0.15, 0.2) is 59.5 Å². The minimum absolute atomic E-state index is 0.0217. The molecule has 30 heavy (non-hydrogen) atoms. The minimum Gasteiger partial charge on any atom is -0.497 e. The van der Waals surface area contributed by atoms with Crippen molar-refractivity contribution in [3.05, 3.63) is 60.2 Å². The molecule has 164 valence electrons. The Morgan fingerprint density at radius 3 is 2.13 bits per heavy atom. The van der Waals surface area contributed by atoms with Gasteiger partial charge in [0.2, 0.25) is 0 Å². The third-order valence-corrected chi connectivity index (χ3v) is 8.00. The van der Waals surface area contributed by atoms with Crippen molar-refractivity contribution >= 4 is 15.8 Å². The van der Waals surface area contributed by atoms with Gasteiger partial charge in [-0.1, -0.05) is 30.3 Å². The topological polar surface area (TPSA) is 130 Å². The zero-order valence-corrected chi connectivity index (χ0v) is 17.7. The van der Waals surface area contributed by atoms with Crippen molar-refractivity contribution in [3.8, 4) is 5.75 Å². The van der Waals surface area contributed by atoms with Gasteiger partial charge in [-0.05, 0) is 49.1 Å². The summed E-state index contributed by atoms with van der Waals surface area (Å²) in [5, 5.41) is 16.4. The summed E-state index contributed by atoms with van der Waals surface area (Å²) in [4.78, 5) is 14.2. The Hall–Kier alpha value is -2.46. The summed E-state index contributed by atoms with van der Waals surface area (Å²) < 4.78 is 29.7. The lowest BCUT2D eigenvalue weighted by Gasteiger charge is -2.38. The second-order valence-electron chi connectivity index (χ2n) is 7.06. The maximum atomic E-state index is 13.2. The first-order valence-corrected chi connectivity index (χ1v) is 11.0. The van der Waals surface area contributed by atoms with E-state index in [1.165, 1.54) is 36.9 Å². The van der Waals surface area contributed by atoms with Crippen molar-refractivity contribution in [2.75, 3.05) is 26.7 Å². The fourth-order valence-corrected chi connectivity index (χ4v) is 5.54. The first-order chi connectivity index (χ1) is 14.4. The standard InChI is InChI=1S/C21H25NO5S.H3NO/c1-27-18-7-9-19(10-8-18)28(25,26)21(20(23)24)12-15-22(16-13-21)14-11-17-5-3-2-4-6-17;1-2/h2-10H,11-16H2,1H3,(H,23,24);2H,1H2. The lowest BCUT2D eigenvalue weighted by Crippen LogP contribution is -2.54. The molecule has 1 saturated heterocycles. The molecule has 1 aliphatic rings. The van der Waals surface area contributed by atoms with Gasteiger partial charge in [0.1, 0.15) is 5.75 Å². The van der Waals surface area contributed by atoms with Crippen LogP contribution in [0.4, 0.5) is 0 Å². The van der Waals surface area contributed by atoms with E-state index in [-0.39, 0.29) is 17.7 Å². The molecule has 1 fully saturated rings. The van der Waals surface area contributed by atoms with Crippen molar-refractivity contribution in [1.82, 2.24) is 4.90 Å². The second kappa shape index (κ2) is 10.5. The summed E-state index contributed by atoms with van der Waals surface area (Å²) in [6.45, 7) is 1.66. The highest BCUT2D eigenvalue weighted by Crippen LogP contribution is 2.36. The van der Waals surface area contributed by atoms with E-state index in [2.05, 4.69) is 22.9 Å². The molecule has 0 spiro atoms. The minimum atomic E-state index is -4.02. The molecule has 0 bridgehead atoms. The van der Waals surface area contributed by atoms with Crippen LogP contribution in [0.3, 0.4) is 0 Å². The van der Waals surface area contributed by atoms with E-state index in [1.807, 2.05) is 18.2 Å². The Morgan fingerprint density at radius 2 is 1.63 bits per heavy atom. The Balaban J connectivity index is 0.00000155. The zero-order valence-electron chi connectivity index (χ0n) is 16.9. The summed E-state index contributed by atoms with van der Waals surface area (Å²) in [6.07, 6.45) is 1.00. The van der Waals surface area contributed by atoms with Gasteiger partial charge in [0.25, 0.3) is 0 Å². The van der Waals surface area contributed by atoms with Crippen LogP contribution in [0.1, 0.15) is 18.4 Å². The Bertz CT molecular complexity index is 908. The molecule has 8 nitrogen and oxygen atoms in total. The van der Waals surface area contributed by atoms with Gasteiger partial charge in [0, 0.05) is 19.6 Å². The molecule has 0 aliphatic carbocycles. The molecule has 3 rings (SSSR count). The quantitative estimate of drug-likeness (QED) is 0.562. The summed E-state index contributed by atoms with van der Waals surface area (Å²) in [6, 6.07) is 16.0. The fraction of sp³-hybridized carbons (Fsp3) is 0.381. The lowest BCUT2D eigenvalue weighted by atomic mass is 9.95. The van der Waals surface area contributed by atoms with Crippen LogP contribution in [0.5, 0.6) is 5.75 Å². The first kappa shape index (κ1) is 23.8. The third kappa shape index (κ3) is 4.99. The SMILES string of the molecule is COc1ccc(S(=O)(=O)C2(C(=O)O)CCN(CCc3ccccc3)CC2)cc1.NO. The molecular weight excluding hydrogens is 408 g/mol. The van der Waals surface area contributed by atoms with Gasteiger partial charge in [-0.3, -0.25) is 4.79 Å². The summed E-state index contributed by atoms with van der Waals surface area (Å²) >= 11 is 0. The Morgan fingerprint density at radius 1 is 1.07 bits per heavy atom. The van der Waals surface area contributed by atoms with Gasteiger partial charge in [0.15, 0.2) is 14.6 Å². The second-order valence-corrected chi connectivity index (χ2v) is 9.32. The van der Waals surface area contributed by atoms with Crippen molar-refractivity contribution < 1.29 is 28.3 Å². The number of hydrogen-bond donors (Lipinski definition) is 3. The number of carboxylic acid groups (broad SMARTS) is 1. The van der Waals surface area contributed by atoms with Gasteiger partial charge >= 0.3 is 5.97 Å². The number of methoxy groups -OCH3 is 1. The number of piperidine rings is 1. The maximum absolute atomic E-state index is 13.2. The number of hydrogen-bond acceptors (Lipinski definition) is 7. The van der Waals surface area contributed by atoms with E-state index in [9.17, 15) is 18.3 Å². The van der Waals surface area contributed by atoms with Crippen LogP contribution in [0.25, 0.3) is 0 Å². The van der Waals surface area contributed by atoms with E-state index in [0.717, 1.165) is 13.0 Å². The van der Waals surface area contributed by atoms with Crippen LogP contribution >= 0.6 is 0 Å². The Labute approximate surface area is 176 Å². The fourth-order valence-electron chi connectivity index (χ4n) is 3.65. The number of nitrogens with two attached hydrogens (primary N) is 1.